The van der Waals surface area contributed by atoms with E-state index in [1.54, 1.807) is 0 Å². The summed E-state index contributed by atoms with van der Waals surface area (Å²) in [6.07, 6.45) is 6.46. The number of nitrogens with zero attached hydrogens (tertiary/aromatic N) is 1. The van der Waals surface area contributed by atoms with Gasteiger partial charge in [0, 0.05) is 12.5 Å². The molecule has 0 saturated heterocycles. The molecule has 1 aliphatic rings. The van der Waals surface area contributed by atoms with Crippen molar-refractivity contribution in [1.82, 2.24) is 10.3 Å². The van der Waals surface area contributed by atoms with Crippen molar-refractivity contribution in [3.8, 4) is 0 Å². The fourth-order valence-electron chi connectivity index (χ4n) is 2.83. The van der Waals surface area contributed by atoms with Crippen molar-refractivity contribution in [3.05, 3.63) is 29.7 Å². The fraction of sp³-hybridized carbons (Fsp3) is 0.533. The molecular formula is C15H20N2O. The van der Waals surface area contributed by atoms with E-state index in [1.807, 2.05) is 13.1 Å². The Hall–Kier alpha value is -1.35. The lowest BCUT2D eigenvalue weighted by molar-refractivity contribution is 0.373. The van der Waals surface area contributed by atoms with Crippen LogP contribution < -0.4 is 5.32 Å². The van der Waals surface area contributed by atoms with Crippen LogP contribution in [0.1, 0.15) is 49.5 Å². The first-order chi connectivity index (χ1) is 8.86. The van der Waals surface area contributed by atoms with Crippen molar-refractivity contribution in [2.75, 3.05) is 7.05 Å². The van der Waals surface area contributed by atoms with Crippen molar-refractivity contribution in [2.24, 2.45) is 0 Å². The van der Waals surface area contributed by atoms with Crippen LogP contribution >= 0.6 is 0 Å². The van der Waals surface area contributed by atoms with E-state index >= 15 is 0 Å². The Morgan fingerprint density at radius 3 is 2.89 bits per heavy atom. The molecule has 1 aromatic carbocycles. The van der Waals surface area contributed by atoms with Crippen LogP contribution in [0.25, 0.3) is 11.1 Å². The maximum absolute atomic E-state index is 5.91. The van der Waals surface area contributed by atoms with Crippen LogP contribution in [-0.2, 0) is 6.54 Å². The summed E-state index contributed by atoms with van der Waals surface area (Å²) in [6.45, 7) is 0.877. The Bertz CT molecular complexity index is 526. The van der Waals surface area contributed by atoms with Gasteiger partial charge < -0.3 is 9.73 Å². The SMILES string of the molecule is CNCc1ccc2oc(C3CCCCC3)nc2c1. The highest BCUT2D eigenvalue weighted by molar-refractivity contribution is 5.73. The van der Waals surface area contributed by atoms with E-state index < -0.39 is 0 Å². The van der Waals surface area contributed by atoms with E-state index in [9.17, 15) is 0 Å². The Labute approximate surface area is 108 Å². The van der Waals surface area contributed by atoms with Crippen molar-refractivity contribution >= 4 is 11.1 Å². The van der Waals surface area contributed by atoms with E-state index in [0.717, 1.165) is 23.5 Å². The number of benzene rings is 1. The molecule has 3 heteroatoms. The van der Waals surface area contributed by atoms with Crippen LogP contribution in [-0.4, -0.2) is 12.0 Å². The summed E-state index contributed by atoms with van der Waals surface area (Å²) in [5.74, 6) is 1.49. The van der Waals surface area contributed by atoms with E-state index in [0.29, 0.717) is 5.92 Å². The Balaban J connectivity index is 1.89. The lowest BCUT2D eigenvalue weighted by atomic mass is 9.89. The molecule has 1 aliphatic carbocycles. The van der Waals surface area contributed by atoms with Crippen LogP contribution in [0.2, 0.25) is 0 Å². The first-order valence-corrected chi connectivity index (χ1v) is 6.91. The van der Waals surface area contributed by atoms with E-state index in [1.165, 1.54) is 37.7 Å². The van der Waals surface area contributed by atoms with Gasteiger partial charge >= 0.3 is 0 Å². The number of fused-ring (bicyclic) bond motifs is 1. The number of oxazole rings is 1. The van der Waals surface area contributed by atoms with E-state index in [2.05, 4.69) is 22.4 Å². The molecule has 0 radical (unpaired) electrons. The van der Waals surface area contributed by atoms with Gasteiger partial charge in [0.25, 0.3) is 0 Å². The molecule has 96 valence electrons. The maximum Gasteiger partial charge on any atom is 0.198 e. The summed E-state index contributed by atoms with van der Waals surface area (Å²) in [7, 11) is 1.96. The van der Waals surface area contributed by atoms with Crippen molar-refractivity contribution < 1.29 is 4.42 Å². The largest absolute Gasteiger partial charge is 0.440 e. The maximum atomic E-state index is 5.91. The molecule has 3 nitrogen and oxygen atoms in total. The molecule has 0 unspecified atom stereocenters. The normalized spacial score (nSPS) is 17.4. The highest BCUT2D eigenvalue weighted by Crippen LogP contribution is 2.33. The van der Waals surface area contributed by atoms with Gasteiger partial charge in [-0.3, -0.25) is 0 Å². The average molecular weight is 244 g/mol. The topological polar surface area (TPSA) is 38.1 Å². The summed E-state index contributed by atoms with van der Waals surface area (Å²) in [6, 6.07) is 6.28. The molecule has 0 bridgehead atoms. The van der Waals surface area contributed by atoms with Gasteiger partial charge in [0.05, 0.1) is 0 Å². The predicted octanol–water partition coefficient (Wildman–Crippen LogP) is 3.59. The Kier molecular flexibility index (Phi) is 3.33. The highest BCUT2D eigenvalue weighted by atomic mass is 16.3. The summed E-state index contributed by atoms with van der Waals surface area (Å²) in [5.41, 5.74) is 3.19. The van der Waals surface area contributed by atoms with Crippen LogP contribution in [0.3, 0.4) is 0 Å². The number of rotatable bonds is 3. The van der Waals surface area contributed by atoms with Crippen LogP contribution in [0.15, 0.2) is 22.6 Å². The molecule has 18 heavy (non-hydrogen) atoms. The number of aromatic nitrogens is 1. The molecule has 1 heterocycles. The first-order valence-electron chi connectivity index (χ1n) is 6.91. The highest BCUT2D eigenvalue weighted by Gasteiger charge is 2.20. The molecule has 1 fully saturated rings. The van der Waals surface area contributed by atoms with Crippen molar-refractivity contribution in [2.45, 2.75) is 44.6 Å². The van der Waals surface area contributed by atoms with Crippen molar-refractivity contribution in [1.29, 1.82) is 0 Å². The van der Waals surface area contributed by atoms with Gasteiger partial charge in [-0.15, -0.1) is 0 Å². The van der Waals surface area contributed by atoms with Crippen LogP contribution in [0.4, 0.5) is 0 Å². The fourth-order valence-corrected chi connectivity index (χ4v) is 2.83. The van der Waals surface area contributed by atoms with Gasteiger partial charge in [-0.25, -0.2) is 4.98 Å². The summed E-state index contributed by atoms with van der Waals surface area (Å²) in [5, 5.41) is 3.16. The zero-order valence-corrected chi connectivity index (χ0v) is 10.9. The minimum Gasteiger partial charge on any atom is -0.440 e. The summed E-state index contributed by atoms with van der Waals surface area (Å²) < 4.78 is 5.91. The first kappa shape index (κ1) is 11.7. The van der Waals surface area contributed by atoms with Crippen LogP contribution in [0.5, 0.6) is 0 Å². The third-order valence-corrected chi connectivity index (χ3v) is 3.80. The minimum atomic E-state index is 0.541. The molecule has 1 N–H and O–H groups in total. The Morgan fingerprint density at radius 2 is 2.11 bits per heavy atom. The molecule has 0 aliphatic heterocycles. The monoisotopic (exact) mass is 244 g/mol. The molecule has 0 atom stereocenters. The third-order valence-electron chi connectivity index (χ3n) is 3.80. The second-order valence-corrected chi connectivity index (χ2v) is 5.22. The van der Waals surface area contributed by atoms with Gasteiger partial charge in [0.2, 0.25) is 0 Å². The number of nitrogens with one attached hydrogen (secondary N) is 1. The standard InChI is InChI=1S/C15H20N2O/c1-16-10-11-7-8-14-13(9-11)17-15(18-14)12-5-3-2-4-6-12/h7-9,12,16H,2-6,10H2,1H3. The molecule has 2 aromatic rings. The van der Waals surface area contributed by atoms with Gasteiger partial charge in [-0.2, -0.15) is 0 Å². The average Bonchev–Trinajstić information content (AvgIpc) is 2.83. The molecule has 0 amide bonds. The van der Waals surface area contributed by atoms with Gasteiger partial charge in [0.15, 0.2) is 11.5 Å². The lowest BCUT2D eigenvalue weighted by Gasteiger charge is -2.17. The van der Waals surface area contributed by atoms with Gasteiger partial charge in [-0.05, 0) is 37.6 Å². The van der Waals surface area contributed by atoms with E-state index in [-0.39, 0.29) is 0 Å². The molecule has 1 aromatic heterocycles. The smallest absolute Gasteiger partial charge is 0.198 e. The molecule has 0 spiro atoms. The van der Waals surface area contributed by atoms with Gasteiger partial charge in [-0.1, -0.05) is 25.3 Å². The minimum absolute atomic E-state index is 0.541. The second kappa shape index (κ2) is 5.11. The third kappa shape index (κ3) is 2.27. The molecular weight excluding hydrogens is 224 g/mol. The van der Waals surface area contributed by atoms with Crippen LogP contribution in [0, 0.1) is 0 Å². The number of hydrogen-bond acceptors (Lipinski definition) is 3. The van der Waals surface area contributed by atoms with E-state index in [4.69, 9.17) is 4.42 Å². The van der Waals surface area contributed by atoms with Crippen molar-refractivity contribution in [3.63, 3.8) is 0 Å². The summed E-state index contributed by atoms with van der Waals surface area (Å²) >= 11 is 0. The second-order valence-electron chi connectivity index (χ2n) is 5.22. The lowest BCUT2D eigenvalue weighted by Crippen LogP contribution is -2.04. The Morgan fingerprint density at radius 1 is 1.28 bits per heavy atom. The predicted molar refractivity (Wildman–Crippen MR) is 72.6 cm³/mol. The zero-order chi connectivity index (χ0) is 12.4. The molecule has 3 rings (SSSR count). The number of hydrogen-bond donors (Lipinski definition) is 1. The van der Waals surface area contributed by atoms with Gasteiger partial charge in [0.1, 0.15) is 5.52 Å². The molecule has 1 saturated carbocycles. The zero-order valence-electron chi connectivity index (χ0n) is 10.9. The summed E-state index contributed by atoms with van der Waals surface area (Å²) in [4.78, 5) is 4.68. The quantitative estimate of drug-likeness (QED) is 0.896.